The first-order valence-corrected chi connectivity index (χ1v) is 10.0. The Morgan fingerprint density at radius 2 is 1.89 bits per heavy atom. The lowest BCUT2D eigenvalue weighted by Crippen LogP contribution is -2.42. The number of thiazole rings is 1. The van der Waals surface area contributed by atoms with Crippen molar-refractivity contribution >= 4 is 23.2 Å². The number of benzene rings is 1. The van der Waals surface area contributed by atoms with Gasteiger partial charge in [-0.25, -0.2) is 14.2 Å². The van der Waals surface area contributed by atoms with Crippen molar-refractivity contribution in [2.75, 3.05) is 0 Å². The molecule has 27 heavy (non-hydrogen) atoms. The maximum absolute atomic E-state index is 13.1. The minimum atomic E-state index is -0.866. The SMILES string of the molecule is Cc1nc(-c2ccc(F)cc2)sc1C(=O)O[C@H](C)C(=O)NC1CCCCC1. The summed E-state index contributed by atoms with van der Waals surface area (Å²) in [4.78, 5) is 29.5. The van der Waals surface area contributed by atoms with Gasteiger partial charge in [0, 0.05) is 11.6 Å². The van der Waals surface area contributed by atoms with Crippen LogP contribution >= 0.6 is 11.3 Å². The van der Waals surface area contributed by atoms with E-state index < -0.39 is 12.1 Å². The quantitative estimate of drug-likeness (QED) is 0.775. The lowest BCUT2D eigenvalue weighted by molar-refractivity contribution is -0.130. The van der Waals surface area contributed by atoms with Gasteiger partial charge in [-0.1, -0.05) is 19.3 Å². The molecule has 0 spiro atoms. The number of aryl methyl sites for hydroxylation is 1. The number of carbonyl (C=O) groups is 2. The van der Waals surface area contributed by atoms with Gasteiger partial charge in [-0.15, -0.1) is 11.3 Å². The lowest BCUT2D eigenvalue weighted by Gasteiger charge is -2.24. The van der Waals surface area contributed by atoms with Crippen LogP contribution in [0.2, 0.25) is 0 Å². The van der Waals surface area contributed by atoms with Crippen molar-refractivity contribution in [3.8, 4) is 10.6 Å². The highest BCUT2D eigenvalue weighted by atomic mass is 32.1. The van der Waals surface area contributed by atoms with Crippen molar-refractivity contribution in [3.63, 3.8) is 0 Å². The number of rotatable bonds is 5. The molecule has 1 N–H and O–H groups in total. The minimum Gasteiger partial charge on any atom is -0.448 e. The van der Waals surface area contributed by atoms with Gasteiger partial charge < -0.3 is 10.1 Å². The Morgan fingerprint density at radius 1 is 1.22 bits per heavy atom. The van der Waals surface area contributed by atoms with E-state index in [2.05, 4.69) is 10.3 Å². The van der Waals surface area contributed by atoms with Crippen molar-refractivity contribution in [2.24, 2.45) is 0 Å². The van der Waals surface area contributed by atoms with E-state index >= 15 is 0 Å². The molecule has 0 unspecified atom stereocenters. The van der Waals surface area contributed by atoms with Crippen LogP contribution in [0, 0.1) is 12.7 Å². The second-order valence-corrected chi connectivity index (χ2v) is 7.83. The Labute approximate surface area is 162 Å². The molecule has 3 rings (SSSR count). The highest BCUT2D eigenvalue weighted by Crippen LogP contribution is 2.29. The predicted molar refractivity (Wildman–Crippen MR) is 102 cm³/mol. The third-order valence-electron chi connectivity index (χ3n) is 4.68. The smallest absolute Gasteiger partial charge is 0.351 e. The van der Waals surface area contributed by atoms with Gasteiger partial charge in [-0.05, 0) is 51.0 Å². The number of halogens is 1. The average molecular weight is 390 g/mol. The van der Waals surface area contributed by atoms with Crippen LogP contribution in [-0.4, -0.2) is 29.0 Å². The summed E-state index contributed by atoms with van der Waals surface area (Å²) in [5.74, 6) is -1.16. The first-order valence-electron chi connectivity index (χ1n) is 9.19. The first-order chi connectivity index (χ1) is 12.9. The fourth-order valence-electron chi connectivity index (χ4n) is 3.13. The van der Waals surface area contributed by atoms with Gasteiger partial charge in [-0.2, -0.15) is 0 Å². The molecule has 1 aromatic heterocycles. The molecule has 144 valence electrons. The van der Waals surface area contributed by atoms with Crippen LogP contribution < -0.4 is 5.32 Å². The molecule has 1 atom stereocenters. The van der Waals surface area contributed by atoms with E-state index in [9.17, 15) is 14.0 Å². The molecule has 0 saturated heterocycles. The Hall–Kier alpha value is -2.28. The fraction of sp³-hybridized carbons (Fsp3) is 0.450. The van der Waals surface area contributed by atoms with Crippen LogP contribution in [0.15, 0.2) is 24.3 Å². The molecular formula is C20H23FN2O3S. The van der Waals surface area contributed by atoms with Gasteiger partial charge in [0.25, 0.3) is 5.91 Å². The number of hydrogen-bond donors (Lipinski definition) is 1. The maximum atomic E-state index is 13.1. The Balaban J connectivity index is 1.63. The fourth-order valence-corrected chi connectivity index (χ4v) is 4.09. The number of amides is 1. The Morgan fingerprint density at radius 3 is 2.56 bits per heavy atom. The number of nitrogens with zero attached hydrogens (tertiary/aromatic N) is 1. The summed E-state index contributed by atoms with van der Waals surface area (Å²) in [5, 5.41) is 3.57. The van der Waals surface area contributed by atoms with Crippen molar-refractivity contribution in [1.82, 2.24) is 10.3 Å². The average Bonchev–Trinajstić information content (AvgIpc) is 3.05. The van der Waals surface area contributed by atoms with Crippen molar-refractivity contribution in [1.29, 1.82) is 0 Å². The number of hydrogen-bond acceptors (Lipinski definition) is 5. The summed E-state index contributed by atoms with van der Waals surface area (Å²) >= 11 is 1.18. The summed E-state index contributed by atoms with van der Waals surface area (Å²) in [7, 11) is 0. The first kappa shape index (κ1) is 19.5. The van der Waals surface area contributed by atoms with Gasteiger partial charge in [0.15, 0.2) is 6.10 Å². The topological polar surface area (TPSA) is 68.3 Å². The molecule has 0 radical (unpaired) electrons. The molecule has 1 fully saturated rings. The largest absolute Gasteiger partial charge is 0.448 e. The second kappa shape index (κ2) is 8.61. The van der Waals surface area contributed by atoms with E-state index in [0.717, 1.165) is 31.2 Å². The van der Waals surface area contributed by atoms with Gasteiger partial charge in [0.2, 0.25) is 0 Å². The van der Waals surface area contributed by atoms with E-state index in [-0.39, 0.29) is 17.8 Å². The highest BCUT2D eigenvalue weighted by molar-refractivity contribution is 7.17. The maximum Gasteiger partial charge on any atom is 0.351 e. The van der Waals surface area contributed by atoms with Gasteiger partial charge in [0.05, 0.1) is 5.69 Å². The Kier molecular flexibility index (Phi) is 6.21. The zero-order valence-electron chi connectivity index (χ0n) is 15.5. The van der Waals surface area contributed by atoms with Crippen molar-refractivity contribution in [3.05, 3.63) is 40.7 Å². The van der Waals surface area contributed by atoms with Crippen LogP contribution in [0.1, 0.15) is 54.4 Å². The van der Waals surface area contributed by atoms with Crippen LogP contribution in [-0.2, 0) is 9.53 Å². The molecule has 2 aromatic rings. The van der Waals surface area contributed by atoms with E-state index in [1.165, 1.54) is 29.9 Å². The van der Waals surface area contributed by atoms with Crippen molar-refractivity contribution in [2.45, 2.75) is 58.1 Å². The molecule has 7 heteroatoms. The number of esters is 1. The van der Waals surface area contributed by atoms with Crippen LogP contribution in [0.3, 0.4) is 0 Å². The summed E-state index contributed by atoms with van der Waals surface area (Å²) in [5.41, 5.74) is 1.26. The minimum absolute atomic E-state index is 0.169. The molecule has 0 bridgehead atoms. The van der Waals surface area contributed by atoms with E-state index in [0.29, 0.717) is 15.6 Å². The summed E-state index contributed by atoms with van der Waals surface area (Å²) in [6.07, 6.45) is 4.52. The summed E-state index contributed by atoms with van der Waals surface area (Å²) in [6, 6.07) is 6.10. The summed E-state index contributed by atoms with van der Waals surface area (Å²) in [6.45, 7) is 3.29. The van der Waals surface area contributed by atoms with Crippen LogP contribution in [0.5, 0.6) is 0 Å². The molecule has 1 aliphatic carbocycles. The Bertz CT molecular complexity index is 813. The number of ether oxygens (including phenoxy) is 1. The lowest BCUT2D eigenvalue weighted by atomic mass is 9.95. The predicted octanol–water partition coefficient (Wildman–Crippen LogP) is 4.25. The molecule has 1 heterocycles. The van der Waals surface area contributed by atoms with Crippen LogP contribution in [0.25, 0.3) is 10.6 Å². The number of carbonyl (C=O) groups excluding carboxylic acids is 2. The van der Waals surface area contributed by atoms with Gasteiger partial charge in [-0.3, -0.25) is 4.79 Å². The van der Waals surface area contributed by atoms with Gasteiger partial charge in [0.1, 0.15) is 15.7 Å². The van der Waals surface area contributed by atoms with Gasteiger partial charge >= 0.3 is 5.97 Å². The second-order valence-electron chi connectivity index (χ2n) is 6.83. The zero-order chi connectivity index (χ0) is 19.4. The molecule has 5 nitrogen and oxygen atoms in total. The molecule has 0 aliphatic heterocycles. The van der Waals surface area contributed by atoms with E-state index in [4.69, 9.17) is 4.74 Å². The molecule has 1 amide bonds. The summed E-state index contributed by atoms with van der Waals surface area (Å²) < 4.78 is 18.4. The monoisotopic (exact) mass is 390 g/mol. The third kappa shape index (κ3) is 4.91. The number of nitrogens with one attached hydrogen (secondary N) is 1. The third-order valence-corrected chi connectivity index (χ3v) is 5.86. The zero-order valence-corrected chi connectivity index (χ0v) is 16.3. The van der Waals surface area contributed by atoms with E-state index in [1.807, 2.05) is 0 Å². The highest BCUT2D eigenvalue weighted by Gasteiger charge is 2.25. The number of aromatic nitrogens is 1. The standard InChI is InChI=1S/C20H23FN2O3S/c1-12-17(27-19(22-12)14-8-10-15(21)11-9-14)20(25)26-13(2)18(24)23-16-6-4-3-5-7-16/h8-11,13,16H,3-7H2,1-2H3,(H,23,24)/t13-/m1/s1. The molecule has 1 saturated carbocycles. The molecular weight excluding hydrogens is 367 g/mol. The molecule has 1 aromatic carbocycles. The molecule has 1 aliphatic rings. The normalized spacial score (nSPS) is 16.0. The van der Waals surface area contributed by atoms with Crippen LogP contribution in [0.4, 0.5) is 4.39 Å². The van der Waals surface area contributed by atoms with Crippen molar-refractivity contribution < 1.29 is 18.7 Å². The van der Waals surface area contributed by atoms with E-state index in [1.54, 1.807) is 26.0 Å².